The molecular formula is C25H26Cl2O2. The third-order valence-corrected chi connectivity index (χ3v) is 4.94. The summed E-state index contributed by atoms with van der Waals surface area (Å²) in [4.78, 5) is 9.17. The van der Waals surface area contributed by atoms with Crippen molar-refractivity contribution in [2.45, 2.75) is 40.0 Å². The summed E-state index contributed by atoms with van der Waals surface area (Å²) in [5, 5.41) is 1.32. The highest BCUT2D eigenvalue weighted by molar-refractivity contribution is 6.31. The molecule has 3 rings (SSSR count). The van der Waals surface area contributed by atoms with Crippen molar-refractivity contribution in [1.82, 2.24) is 0 Å². The molecule has 0 saturated heterocycles. The van der Waals surface area contributed by atoms with Crippen LogP contribution in [0, 0.1) is 6.92 Å². The van der Waals surface area contributed by atoms with Crippen LogP contribution in [-0.2, 0) is 17.6 Å². The smallest absolute Gasteiger partial charge is 0.132 e. The minimum absolute atomic E-state index is 0.639. The van der Waals surface area contributed by atoms with Gasteiger partial charge in [0.1, 0.15) is 17.8 Å². The average Bonchev–Trinajstić information content (AvgIpc) is 2.72. The van der Waals surface area contributed by atoms with Crippen LogP contribution >= 0.6 is 23.2 Å². The summed E-state index contributed by atoms with van der Waals surface area (Å²) in [6.45, 7) is 6.03. The zero-order valence-electron chi connectivity index (χ0n) is 17.0. The molecule has 29 heavy (non-hydrogen) atoms. The normalized spacial score (nSPS) is 10.1. The van der Waals surface area contributed by atoms with E-state index in [1.807, 2.05) is 43.3 Å². The predicted molar refractivity (Wildman–Crippen MR) is 123 cm³/mol. The zero-order chi connectivity index (χ0) is 21.2. The Labute approximate surface area is 183 Å². The molecule has 0 heterocycles. The maximum absolute atomic E-state index is 9.17. The van der Waals surface area contributed by atoms with Gasteiger partial charge in [0, 0.05) is 22.9 Å². The fraction of sp³-hybridized carbons (Fsp3) is 0.240. The summed E-state index contributed by atoms with van der Waals surface area (Å²) in [7, 11) is 0. The molecule has 0 unspecified atom stereocenters. The third-order valence-electron chi connectivity index (χ3n) is 4.47. The lowest BCUT2D eigenvalue weighted by Crippen LogP contribution is -1.97. The summed E-state index contributed by atoms with van der Waals surface area (Å²) < 4.78 is 6.24. The lowest BCUT2D eigenvalue weighted by Gasteiger charge is -2.15. The van der Waals surface area contributed by atoms with Gasteiger partial charge < -0.3 is 9.53 Å². The molecular weight excluding hydrogens is 403 g/mol. The van der Waals surface area contributed by atoms with Crippen LogP contribution < -0.4 is 4.74 Å². The van der Waals surface area contributed by atoms with Crippen molar-refractivity contribution in [1.29, 1.82) is 0 Å². The Hall–Kier alpha value is -2.29. The summed E-state index contributed by atoms with van der Waals surface area (Å²) in [6, 6.07) is 19.9. The maximum Gasteiger partial charge on any atom is 0.132 e. The van der Waals surface area contributed by atoms with E-state index < -0.39 is 0 Å². The number of carbonyl (C=O) groups excluding carboxylic acids is 1. The topological polar surface area (TPSA) is 26.3 Å². The molecule has 0 atom stereocenters. The van der Waals surface area contributed by atoms with E-state index in [4.69, 9.17) is 27.9 Å². The van der Waals surface area contributed by atoms with Gasteiger partial charge in [-0.05, 0) is 59.9 Å². The van der Waals surface area contributed by atoms with Crippen molar-refractivity contribution in [2.75, 3.05) is 0 Å². The van der Waals surface area contributed by atoms with Gasteiger partial charge in [0.15, 0.2) is 0 Å². The number of hydrogen-bond acceptors (Lipinski definition) is 2. The van der Waals surface area contributed by atoms with Crippen LogP contribution in [0.3, 0.4) is 0 Å². The van der Waals surface area contributed by atoms with Gasteiger partial charge in [-0.2, -0.15) is 0 Å². The largest absolute Gasteiger partial charge is 0.457 e. The SMILES string of the molecule is CCC=O.CCc1ccc(Cl)cc1Oc1cc(Cl)ccc1Cc1ccccc1C. The van der Waals surface area contributed by atoms with E-state index in [1.165, 1.54) is 11.1 Å². The number of aldehydes is 1. The summed E-state index contributed by atoms with van der Waals surface area (Å²) in [6.07, 6.45) is 3.18. The lowest BCUT2D eigenvalue weighted by molar-refractivity contribution is -0.107. The number of hydrogen-bond donors (Lipinski definition) is 0. The molecule has 0 aliphatic rings. The molecule has 0 amide bonds. The highest BCUT2D eigenvalue weighted by atomic mass is 35.5. The molecule has 0 N–H and O–H groups in total. The van der Waals surface area contributed by atoms with Gasteiger partial charge in [-0.3, -0.25) is 0 Å². The quantitative estimate of drug-likeness (QED) is 0.373. The maximum atomic E-state index is 9.17. The Morgan fingerprint density at radius 3 is 1.93 bits per heavy atom. The first-order chi connectivity index (χ1) is 14.0. The molecule has 0 radical (unpaired) electrons. The first-order valence-corrected chi connectivity index (χ1v) is 10.5. The lowest BCUT2D eigenvalue weighted by atomic mass is 10.00. The molecule has 2 nitrogen and oxygen atoms in total. The van der Waals surface area contributed by atoms with Crippen molar-refractivity contribution in [3.63, 3.8) is 0 Å². The average molecular weight is 429 g/mol. The van der Waals surface area contributed by atoms with Crippen LogP contribution in [0.5, 0.6) is 11.5 Å². The van der Waals surface area contributed by atoms with E-state index in [1.54, 1.807) is 0 Å². The molecule has 0 aromatic heterocycles. The van der Waals surface area contributed by atoms with Gasteiger partial charge >= 0.3 is 0 Å². The Morgan fingerprint density at radius 2 is 1.38 bits per heavy atom. The molecule has 0 fully saturated rings. The summed E-state index contributed by atoms with van der Waals surface area (Å²) in [5.41, 5.74) is 4.75. The Kier molecular flexibility index (Phi) is 9.24. The van der Waals surface area contributed by atoms with Crippen LogP contribution in [-0.4, -0.2) is 6.29 Å². The van der Waals surface area contributed by atoms with Gasteiger partial charge in [0.2, 0.25) is 0 Å². The first-order valence-electron chi connectivity index (χ1n) is 9.71. The van der Waals surface area contributed by atoms with Crippen molar-refractivity contribution in [3.8, 4) is 11.5 Å². The monoisotopic (exact) mass is 428 g/mol. The van der Waals surface area contributed by atoms with E-state index in [0.29, 0.717) is 16.5 Å². The molecule has 152 valence electrons. The number of aryl methyl sites for hydroxylation is 2. The second kappa shape index (κ2) is 11.6. The van der Waals surface area contributed by atoms with E-state index in [2.05, 4.69) is 38.1 Å². The molecule has 3 aromatic carbocycles. The van der Waals surface area contributed by atoms with Crippen LogP contribution in [0.15, 0.2) is 60.7 Å². The Balaban J connectivity index is 0.000000687. The molecule has 4 heteroatoms. The highest BCUT2D eigenvalue weighted by Crippen LogP contribution is 2.34. The first kappa shape index (κ1) is 23.0. The van der Waals surface area contributed by atoms with Gasteiger partial charge in [-0.15, -0.1) is 0 Å². The van der Waals surface area contributed by atoms with Crippen LogP contribution in [0.25, 0.3) is 0 Å². The molecule has 0 aliphatic heterocycles. The van der Waals surface area contributed by atoms with E-state index in [9.17, 15) is 4.79 Å². The zero-order valence-corrected chi connectivity index (χ0v) is 18.6. The van der Waals surface area contributed by atoms with Crippen molar-refractivity contribution < 1.29 is 9.53 Å². The predicted octanol–water partition coefficient (Wildman–Crippen LogP) is 7.84. The Bertz CT molecular complexity index is 951. The molecule has 0 spiro atoms. The second-order valence-electron chi connectivity index (χ2n) is 6.64. The number of benzene rings is 3. The minimum atomic E-state index is 0.639. The fourth-order valence-corrected chi connectivity index (χ4v) is 3.14. The molecule has 0 aliphatic carbocycles. The number of carbonyl (C=O) groups is 1. The fourth-order valence-electron chi connectivity index (χ4n) is 2.82. The van der Waals surface area contributed by atoms with Crippen molar-refractivity contribution >= 4 is 29.5 Å². The van der Waals surface area contributed by atoms with E-state index in [0.717, 1.165) is 41.8 Å². The summed E-state index contributed by atoms with van der Waals surface area (Å²) in [5.74, 6) is 1.55. The van der Waals surface area contributed by atoms with Crippen molar-refractivity contribution in [2.24, 2.45) is 0 Å². The van der Waals surface area contributed by atoms with Crippen LogP contribution in [0.1, 0.15) is 42.5 Å². The van der Waals surface area contributed by atoms with Gasteiger partial charge in [0.05, 0.1) is 0 Å². The van der Waals surface area contributed by atoms with Gasteiger partial charge in [-0.25, -0.2) is 0 Å². The minimum Gasteiger partial charge on any atom is -0.457 e. The van der Waals surface area contributed by atoms with E-state index in [-0.39, 0.29) is 0 Å². The number of halogens is 2. The molecule has 0 bridgehead atoms. The van der Waals surface area contributed by atoms with Gasteiger partial charge in [0.25, 0.3) is 0 Å². The second-order valence-corrected chi connectivity index (χ2v) is 7.51. The number of rotatable bonds is 6. The van der Waals surface area contributed by atoms with Gasteiger partial charge in [-0.1, -0.05) is 73.4 Å². The standard InChI is InChI=1S/C22H20Cl2O.C3H6O/c1-3-16-8-10-19(23)13-21(16)25-22-14-20(24)11-9-18(22)12-17-7-5-4-6-15(17)2;1-2-3-4/h4-11,13-14H,3,12H2,1-2H3;3H,2H2,1H3. The van der Waals surface area contributed by atoms with Crippen LogP contribution in [0.4, 0.5) is 0 Å². The third kappa shape index (κ3) is 6.92. The molecule has 0 saturated carbocycles. The van der Waals surface area contributed by atoms with Crippen molar-refractivity contribution in [3.05, 3.63) is 93.0 Å². The summed E-state index contributed by atoms with van der Waals surface area (Å²) >= 11 is 12.4. The Morgan fingerprint density at radius 1 is 0.828 bits per heavy atom. The van der Waals surface area contributed by atoms with E-state index >= 15 is 0 Å². The highest BCUT2D eigenvalue weighted by Gasteiger charge is 2.11. The molecule has 3 aromatic rings. The van der Waals surface area contributed by atoms with Crippen LogP contribution in [0.2, 0.25) is 10.0 Å². The number of ether oxygens (including phenoxy) is 1.